The number of nitrogens with zero attached hydrogens (tertiary/aromatic N) is 3. The summed E-state index contributed by atoms with van der Waals surface area (Å²) in [4.78, 5) is 0. The average molecular weight is 540 g/mol. The lowest BCUT2D eigenvalue weighted by Crippen LogP contribution is -2.57. The van der Waals surface area contributed by atoms with E-state index in [9.17, 15) is 0 Å². The van der Waals surface area contributed by atoms with E-state index in [1.807, 2.05) is 0 Å². The monoisotopic (exact) mass is 539 g/mol. The predicted octanol–water partition coefficient (Wildman–Crippen LogP) is 7.45. The molecule has 0 N–H and O–H groups in total. The second kappa shape index (κ2) is 7.28. The van der Waals surface area contributed by atoms with Crippen LogP contribution >= 0.6 is 0 Å². The van der Waals surface area contributed by atoms with Gasteiger partial charge in [0, 0.05) is 17.7 Å². The van der Waals surface area contributed by atoms with Crippen LogP contribution in [0.2, 0.25) is 0 Å². The standard InChI is InChI=1S/C37H37N3O/c1-22(2)21-38-28-15-11-16-29-32(28)40-31-26(20-25-30(33(31)41-29)36(5,6)18-17-35(25,3)4)37(34(38)40)24-13-8-7-12-23(24)27-14-9-10-19-39(27)37/h7-16,19-20,22H,17-18,21H2,1-6H3/q+2. The van der Waals surface area contributed by atoms with E-state index >= 15 is 0 Å². The quantitative estimate of drug-likeness (QED) is 0.209. The van der Waals surface area contributed by atoms with Crippen molar-refractivity contribution in [1.82, 2.24) is 4.57 Å². The van der Waals surface area contributed by atoms with Crippen LogP contribution in [0, 0.1) is 5.92 Å². The largest absolute Gasteiger partial charge is 0.448 e. The van der Waals surface area contributed by atoms with E-state index in [-0.39, 0.29) is 10.8 Å². The SMILES string of the molecule is CC(C)Cn1c2[n+]3c4c(cccc41)Oc1c-3c(cc3c1C(C)(C)CCC3(C)C)C21c2ccccc2-c2cccc[n+]21. The van der Waals surface area contributed by atoms with Gasteiger partial charge >= 0.3 is 11.4 Å². The number of fused-ring (bicyclic) bond motifs is 9. The molecule has 4 heteroatoms. The molecular weight excluding hydrogens is 502 g/mol. The minimum atomic E-state index is -0.497. The molecule has 3 aromatic carbocycles. The summed E-state index contributed by atoms with van der Waals surface area (Å²) >= 11 is 0. The van der Waals surface area contributed by atoms with Crippen molar-refractivity contribution in [2.45, 2.75) is 77.3 Å². The fraction of sp³-hybridized carbons (Fsp3) is 0.351. The molecule has 0 saturated carbocycles. The van der Waals surface area contributed by atoms with E-state index in [0.717, 1.165) is 24.5 Å². The number of benzene rings is 3. The summed E-state index contributed by atoms with van der Waals surface area (Å²) in [5, 5.41) is 0. The third-order valence-electron chi connectivity index (χ3n) is 10.5. The first-order valence-electron chi connectivity index (χ1n) is 15.3. The molecule has 0 fully saturated rings. The Labute approximate surface area is 241 Å². The highest BCUT2D eigenvalue weighted by atomic mass is 16.5. The molecule has 0 amide bonds. The number of hydrogen-bond acceptors (Lipinski definition) is 1. The summed E-state index contributed by atoms with van der Waals surface area (Å²) in [6.45, 7) is 15.3. The number of aromatic nitrogens is 3. The summed E-state index contributed by atoms with van der Waals surface area (Å²) < 4.78 is 14.9. The maximum Gasteiger partial charge on any atom is 0.347 e. The maximum absolute atomic E-state index is 7.14. The number of hydrogen-bond donors (Lipinski definition) is 0. The minimum Gasteiger partial charge on any atom is -0.448 e. The maximum atomic E-state index is 7.14. The van der Waals surface area contributed by atoms with Gasteiger partial charge in [-0.15, -0.1) is 0 Å². The normalized spacial score (nSPS) is 21.2. The Morgan fingerprint density at radius 3 is 2.46 bits per heavy atom. The molecule has 5 aromatic rings. The molecule has 9 rings (SSSR count). The van der Waals surface area contributed by atoms with Gasteiger partial charge in [0.2, 0.25) is 11.2 Å². The molecule has 5 heterocycles. The van der Waals surface area contributed by atoms with Gasteiger partial charge in [-0.1, -0.05) is 65.8 Å². The smallest absolute Gasteiger partial charge is 0.347 e. The zero-order chi connectivity index (χ0) is 28.1. The number of ether oxygens (including phenoxy) is 1. The predicted molar refractivity (Wildman–Crippen MR) is 161 cm³/mol. The van der Waals surface area contributed by atoms with E-state index in [0.29, 0.717) is 5.92 Å². The van der Waals surface area contributed by atoms with E-state index in [4.69, 9.17) is 4.74 Å². The Morgan fingerprint density at radius 2 is 1.63 bits per heavy atom. The van der Waals surface area contributed by atoms with Gasteiger partial charge < -0.3 is 4.74 Å². The molecule has 4 nitrogen and oxygen atoms in total. The lowest BCUT2D eigenvalue weighted by Gasteiger charge is -2.43. The van der Waals surface area contributed by atoms with Gasteiger partial charge in [0.25, 0.3) is 0 Å². The molecule has 2 aromatic heterocycles. The Balaban J connectivity index is 1.57. The van der Waals surface area contributed by atoms with Crippen molar-refractivity contribution in [3.63, 3.8) is 0 Å². The van der Waals surface area contributed by atoms with Crippen LogP contribution in [0.1, 0.15) is 82.5 Å². The molecule has 3 aliphatic heterocycles. The van der Waals surface area contributed by atoms with Crippen molar-refractivity contribution < 1.29 is 13.9 Å². The Morgan fingerprint density at radius 1 is 0.854 bits per heavy atom. The number of imidazole rings is 1. The second-order valence-electron chi connectivity index (χ2n) is 14.4. The van der Waals surface area contributed by atoms with E-state index in [1.54, 1.807) is 0 Å². The Kier molecular flexibility index (Phi) is 4.22. The van der Waals surface area contributed by atoms with Gasteiger partial charge in [-0.25, -0.2) is 4.57 Å². The first kappa shape index (κ1) is 23.8. The van der Waals surface area contributed by atoms with Gasteiger partial charge in [-0.05, 0) is 65.5 Å². The molecule has 1 aliphatic carbocycles. The van der Waals surface area contributed by atoms with E-state index < -0.39 is 5.54 Å². The molecule has 1 spiro atoms. The van der Waals surface area contributed by atoms with Crippen LogP contribution in [0.3, 0.4) is 0 Å². The number of para-hydroxylation sites is 1. The second-order valence-corrected chi connectivity index (χ2v) is 14.4. The molecule has 0 bridgehead atoms. The molecule has 41 heavy (non-hydrogen) atoms. The number of pyridine rings is 1. The zero-order valence-corrected chi connectivity index (χ0v) is 24.9. The van der Waals surface area contributed by atoms with Crippen LogP contribution in [0.25, 0.3) is 28.0 Å². The van der Waals surface area contributed by atoms with Crippen molar-refractivity contribution in [2.24, 2.45) is 5.92 Å². The molecule has 0 saturated heterocycles. The van der Waals surface area contributed by atoms with Crippen LogP contribution in [-0.4, -0.2) is 4.57 Å². The highest BCUT2D eigenvalue weighted by Crippen LogP contribution is 2.60. The zero-order valence-electron chi connectivity index (χ0n) is 24.9. The number of rotatable bonds is 2. The molecule has 1 unspecified atom stereocenters. The molecule has 4 aliphatic rings. The molecule has 204 valence electrons. The van der Waals surface area contributed by atoms with Crippen molar-refractivity contribution in [3.8, 4) is 28.4 Å². The van der Waals surface area contributed by atoms with Gasteiger partial charge in [-0.2, -0.15) is 9.13 Å². The van der Waals surface area contributed by atoms with Crippen molar-refractivity contribution in [3.05, 3.63) is 101 Å². The van der Waals surface area contributed by atoms with E-state index in [2.05, 4.69) is 128 Å². The van der Waals surface area contributed by atoms with Crippen LogP contribution in [-0.2, 0) is 22.9 Å². The topological polar surface area (TPSA) is 21.9 Å². The summed E-state index contributed by atoms with van der Waals surface area (Å²) in [5.74, 6) is 3.86. The Hall–Kier alpha value is -3.92. The molecule has 0 radical (unpaired) electrons. The summed E-state index contributed by atoms with van der Waals surface area (Å²) in [5.41, 5.74) is 11.4. The molecule has 1 atom stereocenters. The summed E-state index contributed by atoms with van der Waals surface area (Å²) in [6, 6.07) is 25.0. The van der Waals surface area contributed by atoms with Crippen LogP contribution < -0.4 is 13.9 Å². The van der Waals surface area contributed by atoms with Gasteiger partial charge in [0.15, 0.2) is 28.9 Å². The fourth-order valence-corrected chi connectivity index (χ4v) is 8.68. The summed E-state index contributed by atoms with van der Waals surface area (Å²) in [6.07, 6.45) is 4.62. The van der Waals surface area contributed by atoms with Crippen LogP contribution in [0.5, 0.6) is 11.5 Å². The third-order valence-corrected chi connectivity index (χ3v) is 10.5. The lowest BCUT2D eigenvalue weighted by molar-refractivity contribution is -0.733. The van der Waals surface area contributed by atoms with Crippen molar-refractivity contribution in [1.29, 1.82) is 0 Å². The average Bonchev–Trinajstić information content (AvgIpc) is 3.54. The van der Waals surface area contributed by atoms with Gasteiger partial charge in [0.05, 0.1) is 23.2 Å². The first-order chi connectivity index (χ1) is 19.7. The minimum absolute atomic E-state index is 0.0240. The van der Waals surface area contributed by atoms with E-state index in [1.165, 1.54) is 62.5 Å². The first-order valence-corrected chi connectivity index (χ1v) is 15.3. The molecular formula is C37H37N3O+2. The third kappa shape index (κ3) is 2.59. The lowest BCUT2D eigenvalue weighted by atomic mass is 9.61. The van der Waals surface area contributed by atoms with Crippen molar-refractivity contribution >= 4 is 11.0 Å². The highest BCUT2D eigenvalue weighted by Gasteiger charge is 2.69. The fourth-order valence-electron chi connectivity index (χ4n) is 8.68. The highest BCUT2D eigenvalue weighted by molar-refractivity contribution is 5.86. The Bertz CT molecular complexity index is 1940. The van der Waals surface area contributed by atoms with Crippen LogP contribution in [0.15, 0.2) is 72.9 Å². The van der Waals surface area contributed by atoms with Gasteiger partial charge in [-0.3, -0.25) is 0 Å². The summed E-state index contributed by atoms with van der Waals surface area (Å²) in [7, 11) is 0. The van der Waals surface area contributed by atoms with Crippen LogP contribution in [0.4, 0.5) is 0 Å². The van der Waals surface area contributed by atoms with Crippen molar-refractivity contribution in [2.75, 3.05) is 0 Å². The van der Waals surface area contributed by atoms with Gasteiger partial charge in [0.1, 0.15) is 0 Å².